The quantitative estimate of drug-likeness (QED) is 0.348. The molecule has 5 heteroatoms. The van der Waals surface area contributed by atoms with Gasteiger partial charge in [-0.05, 0) is 59.5 Å². The summed E-state index contributed by atoms with van der Waals surface area (Å²) in [5.74, 6) is 3.30. The van der Waals surface area contributed by atoms with Gasteiger partial charge in [-0.15, -0.1) is 0 Å². The van der Waals surface area contributed by atoms with E-state index in [1.807, 2.05) is 0 Å². The van der Waals surface area contributed by atoms with E-state index in [0.29, 0.717) is 5.88 Å². The number of hydrogen-bond acceptors (Lipinski definition) is 4. The van der Waals surface area contributed by atoms with Crippen molar-refractivity contribution in [1.82, 2.24) is 9.97 Å². The highest BCUT2D eigenvalue weighted by atomic mass is 16.5. The molecule has 162 valence electrons. The van der Waals surface area contributed by atoms with Crippen LogP contribution in [0, 0.1) is 0 Å². The van der Waals surface area contributed by atoms with Gasteiger partial charge in [0.15, 0.2) is 0 Å². The Bertz CT molecular complexity index is 1270. The van der Waals surface area contributed by atoms with Gasteiger partial charge < -0.3 is 9.47 Å². The molecule has 4 heterocycles. The fourth-order valence-electron chi connectivity index (χ4n) is 5.19. The number of rotatable bonds is 0. The number of pyridine rings is 2. The van der Waals surface area contributed by atoms with Crippen molar-refractivity contribution in [2.45, 2.75) is 71.6 Å². The average Bonchev–Trinajstić information content (AvgIpc) is 3.20. The van der Waals surface area contributed by atoms with E-state index in [-0.39, 0.29) is 17.5 Å². The molecule has 3 aliphatic rings. The Kier molecular flexibility index (Phi) is 3.95. The van der Waals surface area contributed by atoms with Crippen LogP contribution in [-0.4, -0.2) is 16.7 Å². The van der Waals surface area contributed by atoms with Crippen molar-refractivity contribution in [2.75, 3.05) is 0 Å². The minimum Gasteiger partial charge on any atom is -0.440 e. The number of benzene rings is 1. The Morgan fingerprint density at radius 1 is 0.781 bits per heavy atom. The van der Waals surface area contributed by atoms with Crippen molar-refractivity contribution in [3.05, 3.63) is 52.8 Å². The third kappa shape index (κ3) is 2.83. The Hall–Kier alpha value is -2.82. The van der Waals surface area contributed by atoms with Crippen LogP contribution in [0.4, 0.5) is 0 Å². The highest BCUT2D eigenvalue weighted by molar-refractivity contribution is 6.98. The molecule has 1 aliphatic carbocycles. The molecule has 0 spiro atoms. The molecule has 0 amide bonds. The van der Waals surface area contributed by atoms with Crippen molar-refractivity contribution < 1.29 is 9.47 Å². The van der Waals surface area contributed by atoms with Gasteiger partial charge in [-0.25, -0.2) is 9.97 Å². The summed E-state index contributed by atoms with van der Waals surface area (Å²) in [5, 5.41) is 0. The highest BCUT2D eigenvalue weighted by Gasteiger charge is 2.44. The van der Waals surface area contributed by atoms with Crippen LogP contribution in [0.5, 0.6) is 23.3 Å². The number of aromatic nitrogens is 2. The molecule has 0 N–H and O–H groups in total. The van der Waals surface area contributed by atoms with Crippen LogP contribution in [0.15, 0.2) is 30.3 Å². The van der Waals surface area contributed by atoms with Crippen LogP contribution in [0.3, 0.4) is 0 Å². The van der Waals surface area contributed by atoms with Crippen molar-refractivity contribution >= 4 is 23.1 Å². The van der Waals surface area contributed by atoms with E-state index >= 15 is 0 Å². The maximum atomic E-state index is 6.58. The topological polar surface area (TPSA) is 44.2 Å². The van der Waals surface area contributed by atoms with Crippen molar-refractivity contribution in [2.24, 2.45) is 0 Å². The summed E-state index contributed by atoms with van der Waals surface area (Å²) in [5.41, 5.74) is 7.99. The zero-order chi connectivity index (χ0) is 22.4. The van der Waals surface area contributed by atoms with E-state index in [1.54, 1.807) is 0 Å². The predicted octanol–water partition coefficient (Wildman–Crippen LogP) is 4.29. The SMILES string of the molecule is CC(C)(C)c1ccc2c(n1)Oc1cc3c(c4c1B2c1ccc(C(C)(C)C)nc1O4)CCC3. The third-order valence-corrected chi connectivity index (χ3v) is 6.98. The van der Waals surface area contributed by atoms with E-state index in [9.17, 15) is 0 Å². The van der Waals surface area contributed by atoms with Gasteiger partial charge in [-0.1, -0.05) is 53.7 Å². The zero-order valence-corrected chi connectivity index (χ0v) is 19.8. The van der Waals surface area contributed by atoms with Gasteiger partial charge in [0.1, 0.15) is 11.5 Å². The normalized spacial score (nSPS) is 15.9. The minimum absolute atomic E-state index is 0.0291. The van der Waals surface area contributed by atoms with Gasteiger partial charge in [-0.3, -0.25) is 0 Å². The van der Waals surface area contributed by atoms with Crippen molar-refractivity contribution in [3.63, 3.8) is 0 Å². The molecule has 3 aromatic rings. The predicted molar refractivity (Wildman–Crippen MR) is 129 cm³/mol. The first-order chi connectivity index (χ1) is 15.1. The number of aryl methyl sites for hydroxylation is 1. The molecular weight excluding hydrogens is 395 g/mol. The largest absolute Gasteiger partial charge is 0.440 e. The van der Waals surface area contributed by atoms with Gasteiger partial charge >= 0.3 is 0 Å². The van der Waals surface area contributed by atoms with Crippen LogP contribution in [0.1, 0.15) is 70.5 Å². The first-order valence-corrected chi connectivity index (χ1v) is 11.7. The maximum absolute atomic E-state index is 6.58. The third-order valence-electron chi connectivity index (χ3n) is 6.98. The summed E-state index contributed by atoms with van der Waals surface area (Å²) >= 11 is 0. The Morgan fingerprint density at radius 2 is 1.38 bits per heavy atom. The van der Waals surface area contributed by atoms with Gasteiger partial charge in [-0.2, -0.15) is 0 Å². The average molecular weight is 424 g/mol. The molecule has 0 bridgehead atoms. The second kappa shape index (κ2) is 6.37. The van der Waals surface area contributed by atoms with Crippen LogP contribution in [0.2, 0.25) is 0 Å². The van der Waals surface area contributed by atoms with Crippen molar-refractivity contribution in [1.29, 1.82) is 0 Å². The van der Waals surface area contributed by atoms with Gasteiger partial charge in [0.25, 0.3) is 6.71 Å². The molecule has 0 radical (unpaired) electrons. The zero-order valence-electron chi connectivity index (χ0n) is 19.8. The number of ether oxygens (including phenoxy) is 2. The lowest BCUT2D eigenvalue weighted by Crippen LogP contribution is -2.58. The molecule has 4 nitrogen and oxygen atoms in total. The fraction of sp³-hybridized carbons (Fsp3) is 0.407. The summed E-state index contributed by atoms with van der Waals surface area (Å²) in [6.07, 6.45) is 3.27. The summed E-state index contributed by atoms with van der Waals surface area (Å²) in [6, 6.07) is 10.9. The highest BCUT2D eigenvalue weighted by Crippen LogP contribution is 2.41. The van der Waals surface area contributed by atoms with E-state index in [1.165, 1.54) is 11.1 Å². The lowest BCUT2D eigenvalue weighted by molar-refractivity contribution is 0.433. The molecule has 6 rings (SSSR count). The second-order valence-corrected chi connectivity index (χ2v) is 11.4. The Labute approximate surface area is 190 Å². The van der Waals surface area contributed by atoms with Crippen LogP contribution >= 0.6 is 0 Å². The first kappa shape index (κ1) is 19.8. The second-order valence-electron chi connectivity index (χ2n) is 11.4. The fourth-order valence-corrected chi connectivity index (χ4v) is 5.19. The summed E-state index contributed by atoms with van der Waals surface area (Å²) in [4.78, 5) is 9.98. The first-order valence-electron chi connectivity index (χ1n) is 11.7. The van der Waals surface area contributed by atoms with Crippen molar-refractivity contribution in [3.8, 4) is 23.3 Å². The van der Waals surface area contributed by atoms with Crippen LogP contribution < -0.4 is 25.9 Å². The van der Waals surface area contributed by atoms with Crippen LogP contribution in [-0.2, 0) is 23.7 Å². The maximum Gasteiger partial charge on any atom is 0.265 e. The molecule has 32 heavy (non-hydrogen) atoms. The Morgan fingerprint density at radius 3 is 1.97 bits per heavy atom. The standard InChI is InChI=1S/C27H29BN2O2/c1-26(2,3)20-12-10-17-24(29-20)31-19-14-15-8-7-9-16(15)23-22(19)28(17)18-11-13-21(27(4,5)6)30-25(18)32-23/h10-14H,7-9H2,1-6H3. The molecule has 2 aliphatic heterocycles. The van der Waals surface area contributed by atoms with E-state index in [2.05, 4.69) is 71.9 Å². The molecule has 0 atom stereocenters. The van der Waals surface area contributed by atoms with E-state index in [0.717, 1.165) is 64.4 Å². The number of fused-ring (bicyclic) bond motifs is 6. The molecule has 0 saturated heterocycles. The van der Waals surface area contributed by atoms with Crippen LogP contribution in [0.25, 0.3) is 0 Å². The number of nitrogens with zero attached hydrogens (tertiary/aromatic N) is 2. The van der Waals surface area contributed by atoms with E-state index < -0.39 is 0 Å². The van der Waals surface area contributed by atoms with Gasteiger partial charge in [0.2, 0.25) is 11.8 Å². The molecule has 1 aromatic carbocycles. The molecular formula is C27H29BN2O2. The summed E-state index contributed by atoms with van der Waals surface area (Å²) < 4.78 is 13.1. The lowest BCUT2D eigenvalue weighted by Gasteiger charge is -2.34. The van der Waals surface area contributed by atoms with Gasteiger partial charge in [0, 0.05) is 27.7 Å². The monoisotopic (exact) mass is 424 g/mol. The molecule has 0 fully saturated rings. The Balaban J connectivity index is 1.61. The smallest absolute Gasteiger partial charge is 0.265 e. The summed E-state index contributed by atoms with van der Waals surface area (Å²) in [6.45, 7) is 13.2. The molecule has 0 saturated carbocycles. The molecule has 0 unspecified atom stereocenters. The number of hydrogen-bond donors (Lipinski definition) is 0. The van der Waals surface area contributed by atoms with E-state index in [4.69, 9.17) is 19.4 Å². The molecule has 2 aromatic heterocycles. The summed E-state index contributed by atoms with van der Waals surface area (Å²) in [7, 11) is 0. The minimum atomic E-state index is -0.0431. The lowest BCUT2D eigenvalue weighted by atomic mass is 9.35. The van der Waals surface area contributed by atoms with Gasteiger partial charge in [0.05, 0.1) is 0 Å².